The van der Waals surface area contributed by atoms with E-state index in [1.807, 2.05) is 12.1 Å². The number of nitrogens with one attached hydrogen (secondary N) is 1. The number of amides is 1. The van der Waals surface area contributed by atoms with Crippen LogP contribution in [-0.4, -0.2) is 70.3 Å². The van der Waals surface area contributed by atoms with Gasteiger partial charge in [0.2, 0.25) is 0 Å². The number of nitrogens with zero attached hydrogens (tertiary/aromatic N) is 3. The minimum absolute atomic E-state index is 0.170. The molecule has 7 nitrogen and oxygen atoms in total. The number of anilines is 1. The summed E-state index contributed by atoms with van der Waals surface area (Å²) in [4.78, 5) is 17.9. The van der Waals surface area contributed by atoms with Crippen LogP contribution < -0.4 is 5.32 Å². The molecule has 8 heteroatoms. The Bertz CT molecular complexity index is 1830. The van der Waals surface area contributed by atoms with Crippen LogP contribution in [0.2, 0.25) is 0 Å². The summed E-state index contributed by atoms with van der Waals surface area (Å²) in [7, 11) is 2.19. The highest BCUT2D eigenvalue weighted by Gasteiger charge is 2.17. The summed E-state index contributed by atoms with van der Waals surface area (Å²) in [6.07, 6.45) is 1.89. The molecule has 2 heterocycles. The van der Waals surface area contributed by atoms with Crippen molar-refractivity contribution in [1.82, 2.24) is 14.4 Å². The highest BCUT2D eigenvalue weighted by molar-refractivity contribution is 6.04. The summed E-state index contributed by atoms with van der Waals surface area (Å²) >= 11 is 0. The molecule has 0 unspecified atom stereocenters. The fourth-order valence-corrected chi connectivity index (χ4v) is 6.43. The Kier molecular flexibility index (Phi) is 9.10. The number of halogens is 1. The third kappa shape index (κ3) is 6.78. The molecule has 46 heavy (non-hydrogen) atoms. The van der Waals surface area contributed by atoms with Crippen molar-refractivity contribution < 1.29 is 19.4 Å². The van der Waals surface area contributed by atoms with Crippen LogP contribution in [0.25, 0.3) is 22.0 Å². The standard InChI is InChI=1S/C38H41FN4O3/c1-25-26(2)43(16-4-15-42-19-17-41(3)18-20-42)34-14-7-28(22-33(25)34)21-27-5-8-30(9-6-27)38(46)40-32-23-35(44)37(36(45)24-32)29-10-12-31(39)13-11-29/h5-14,22-24,44-45H,4,15-21H2,1-3H3,(H,40,46). The molecule has 1 aliphatic heterocycles. The normalized spacial score (nSPS) is 14.2. The van der Waals surface area contributed by atoms with Crippen LogP contribution in [0.4, 0.5) is 10.1 Å². The molecule has 238 valence electrons. The number of likely N-dealkylation sites (N-methyl/N-ethyl adjacent to an activating group) is 1. The summed E-state index contributed by atoms with van der Waals surface area (Å²) in [5, 5.41) is 25.1. The van der Waals surface area contributed by atoms with Crippen molar-refractivity contribution in [3.63, 3.8) is 0 Å². The minimum atomic E-state index is -0.415. The van der Waals surface area contributed by atoms with Gasteiger partial charge >= 0.3 is 0 Å². The molecule has 6 rings (SSSR count). The fraction of sp³-hybridized carbons (Fsp3) is 0.289. The molecule has 3 N–H and O–H groups in total. The lowest BCUT2D eigenvalue weighted by Gasteiger charge is -2.32. The van der Waals surface area contributed by atoms with Crippen molar-refractivity contribution in [3.05, 3.63) is 113 Å². The van der Waals surface area contributed by atoms with Crippen molar-refractivity contribution in [1.29, 1.82) is 0 Å². The van der Waals surface area contributed by atoms with Gasteiger partial charge in [-0.1, -0.05) is 30.3 Å². The molecular weight excluding hydrogens is 579 g/mol. The molecule has 1 fully saturated rings. The van der Waals surface area contributed by atoms with Gasteiger partial charge in [0.1, 0.15) is 17.3 Å². The van der Waals surface area contributed by atoms with Gasteiger partial charge in [0.05, 0.1) is 5.56 Å². The lowest BCUT2D eigenvalue weighted by atomic mass is 10.0. The Labute approximate surface area is 269 Å². The Morgan fingerprint density at radius 3 is 2.15 bits per heavy atom. The van der Waals surface area contributed by atoms with Crippen molar-refractivity contribution in [3.8, 4) is 22.6 Å². The largest absolute Gasteiger partial charge is 0.507 e. The average molecular weight is 621 g/mol. The molecule has 0 atom stereocenters. The van der Waals surface area contributed by atoms with Gasteiger partial charge in [-0.25, -0.2) is 4.39 Å². The number of hydrogen-bond acceptors (Lipinski definition) is 5. The van der Waals surface area contributed by atoms with E-state index in [-0.39, 0.29) is 28.7 Å². The number of aryl methyl sites for hydroxylation is 2. The number of phenolic OH excluding ortho intramolecular Hbond substituents is 2. The molecule has 0 aliphatic carbocycles. The van der Waals surface area contributed by atoms with Gasteiger partial charge < -0.3 is 29.9 Å². The van der Waals surface area contributed by atoms with E-state index in [0.29, 0.717) is 11.1 Å². The van der Waals surface area contributed by atoms with E-state index in [4.69, 9.17) is 0 Å². The van der Waals surface area contributed by atoms with Crippen LogP contribution >= 0.6 is 0 Å². The van der Waals surface area contributed by atoms with E-state index < -0.39 is 5.82 Å². The summed E-state index contributed by atoms with van der Waals surface area (Å²) in [5.41, 5.74) is 7.59. The Hall–Kier alpha value is -4.66. The summed E-state index contributed by atoms with van der Waals surface area (Å²) in [6.45, 7) is 11.2. The summed E-state index contributed by atoms with van der Waals surface area (Å²) in [5.74, 6) is -1.22. The maximum absolute atomic E-state index is 13.3. The lowest BCUT2D eigenvalue weighted by molar-refractivity contribution is 0.102. The fourth-order valence-electron chi connectivity index (χ4n) is 6.43. The second-order valence-corrected chi connectivity index (χ2v) is 12.4. The van der Waals surface area contributed by atoms with Crippen molar-refractivity contribution >= 4 is 22.5 Å². The maximum Gasteiger partial charge on any atom is 0.255 e. The topological polar surface area (TPSA) is 81.0 Å². The van der Waals surface area contributed by atoms with Gasteiger partial charge in [0.15, 0.2) is 0 Å². The van der Waals surface area contributed by atoms with Crippen LogP contribution in [-0.2, 0) is 13.0 Å². The zero-order valence-electron chi connectivity index (χ0n) is 26.7. The van der Waals surface area contributed by atoms with Crippen LogP contribution in [0, 0.1) is 19.7 Å². The summed E-state index contributed by atoms with van der Waals surface area (Å²) in [6, 6.07) is 22.4. The number of aromatic hydroxyl groups is 2. The second kappa shape index (κ2) is 13.4. The number of carbonyl (C=O) groups is 1. The quantitative estimate of drug-likeness (QED) is 0.166. The molecule has 0 radical (unpaired) electrons. The van der Waals surface area contributed by atoms with Gasteiger partial charge in [0.25, 0.3) is 5.91 Å². The Balaban J connectivity index is 1.09. The van der Waals surface area contributed by atoms with E-state index >= 15 is 0 Å². The summed E-state index contributed by atoms with van der Waals surface area (Å²) < 4.78 is 15.8. The highest BCUT2D eigenvalue weighted by Crippen LogP contribution is 2.40. The van der Waals surface area contributed by atoms with Gasteiger partial charge in [-0.3, -0.25) is 4.79 Å². The van der Waals surface area contributed by atoms with Gasteiger partial charge in [-0.2, -0.15) is 0 Å². The Morgan fingerprint density at radius 2 is 1.48 bits per heavy atom. The number of phenols is 2. The highest BCUT2D eigenvalue weighted by atomic mass is 19.1. The molecule has 1 saturated heterocycles. The minimum Gasteiger partial charge on any atom is -0.507 e. The molecule has 1 aliphatic rings. The molecule has 1 aromatic heterocycles. The first-order valence-electron chi connectivity index (χ1n) is 15.9. The number of hydrogen-bond donors (Lipinski definition) is 3. The first-order chi connectivity index (χ1) is 22.2. The van der Waals surface area contributed by atoms with Gasteiger partial charge in [-0.05, 0) is 98.9 Å². The molecule has 0 bridgehead atoms. The first kappa shape index (κ1) is 31.3. The third-order valence-corrected chi connectivity index (χ3v) is 9.27. The predicted molar refractivity (Wildman–Crippen MR) is 182 cm³/mol. The van der Waals surface area contributed by atoms with Gasteiger partial charge in [-0.15, -0.1) is 0 Å². The van der Waals surface area contributed by atoms with Crippen LogP contribution in [0.5, 0.6) is 11.5 Å². The van der Waals surface area contributed by atoms with Gasteiger partial charge in [0, 0.05) is 72.7 Å². The number of fused-ring (bicyclic) bond motifs is 1. The van der Waals surface area contributed by atoms with Crippen molar-refractivity contribution in [2.24, 2.45) is 0 Å². The van der Waals surface area contributed by atoms with Crippen LogP contribution in [0.15, 0.2) is 78.9 Å². The zero-order chi connectivity index (χ0) is 32.4. The number of benzene rings is 4. The monoisotopic (exact) mass is 620 g/mol. The molecule has 1 amide bonds. The van der Waals surface area contributed by atoms with E-state index in [2.05, 4.69) is 58.8 Å². The van der Waals surface area contributed by atoms with E-state index in [0.717, 1.165) is 57.7 Å². The second-order valence-electron chi connectivity index (χ2n) is 12.4. The van der Waals surface area contributed by atoms with E-state index in [1.54, 1.807) is 12.1 Å². The predicted octanol–water partition coefficient (Wildman–Crippen LogP) is 6.96. The number of aromatic nitrogens is 1. The molecule has 0 spiro atoms. The maximum atomic E-state index is 13.3. The molecular formula is C38H41FN4O3. The first-order valence-corrected chi connectivity index (χ1v) is 15.9. The average Bonchev–Trinajstić information content (AvgIpc) is 3.27. The molecule has 4 aromatic carbocycles. The third-order valence-electron chi connectivity index (χ3n) is 9.27. The number of rotatable bonds is 9. The lowest BCUT2D eigenvalue weighted by Crippen LogP contribution is -2.44. The SMILES string of the molecule is Cc1c(C)n(CCCN2CCN(C)CC2)c2ccc(Cc3ccc(C(=O)Nc4cc(O)c(-c5ccc(F)cc5)c(O)c4)cc3)cc12. The molecule has 5 aromatic rings. The molecule has 0 saturated carbocycles. The zero-order valence-corrected chi connectivity index (χ0v) is 26.7. The van der Waals surface area contributed by atoms with Crippen LogP contribution in [0.3, 0.4) is 0 Å². The smallest absolute Gasteiger partial charge is 0.255 e. The number of piperazine rings is 1. The van der Waals surface area contributed by atoms with Crippen molar-refractivity contribution in [2.75, 3.05) is 45.1 Å². The van der Waals surface area contributed by atoms with Crippen molar-refractivity contribution in [2.45, 2.75) is 33.2 Å². The Morgan fingerprint density at radius 1 is 0.826 bits per heavy atom. The van der Waals surface area contributed by atoms with E-state index in [1.165, 1.54) is 64.1 Å². The van der Waals surface area contributed by atoms with Crippen LogP contribution in [0.1, 0.15) is 39.2 Å². The number of carbonyl (C=O) groups excluding carboxylic acids is 1. The van der Waals surface area contributed by atoms with E-state index in [9.17, 15) is 19.4 Å².